The first-order valence-electron chi connectivity index (χ1n) is 6.24. The molecule has 19 heavy (non-hydrogen) atoms. The van der Waals surface area contributed by atoms with Gasteiger partial charge in [-0.05, 0) is 12.1 Å². The third-order valence-electron chi connectivity index (χ3n) is 3.45. The number of quaternary nitrogens is 1. The van der Waals surface area contributed by atoms with Crippen LogP contribution in [0.1, 0.15) is 5.56 Å². The first-order valence-corrected chi connectivity index (χ1v) is 6.24. The van der Waals surface area contributed by atoms with Gasteiger partial charge in [-0.2, -0.15) is 5.10 Å². The van der Waals surface area contributed by atoms with E-state index in [-0.39, 0.29) is 11.5 Å². The lowest BCUT2D eigenvalue weighted by Gasteiger charge is -2.37. The topological polar surface area (TPSA) is 76.3 Å². The van der Waals surface area contributed by atoms with Crippen LogP contribution in [0.3, 0.4) is 0 Å². The molecule has 0 bridgehead atoms. The van der Waals surface area contributed by atoms with Crippen LogP contribution in [-0.2, 0) is 0 Å². The van der Waals surface area contributed by atoms with Crippen LogP contribution in [0.15, 0.2) is 17.2 Å². The molecule has 6 heteroatoms. The molecule has 1 saturated heterocycles. The van der Waals surface area contributed by atoms with Gasteiger partial charge in [0.15, 0.2) is 11.5 Å². The average Bonchev–Trinajstić information content (AvgIpc) is 2.37. The summed E-state index contributed by atoms with van der Waals surface area (Å²) in [6.45, 7) is 3.75. The number of phenolic OH excluding ortho intramolecular Hbond substituents is 3. The molecule has 1 fully saturated rings. The fourth-order valence-electron chi connectivity index (χ4n) is 1.94. The Kier molecular flexibility index (Phi) is 3.53. The van der Waals surface area contributed by atoms with Crippen LogP contribution in [0.25, 0.3) is 0 Å². The van der Waals surface area contributed by atoms with E-state index in [0.717, 1.165) is 30.7 Å². The Bertz CT molecular complexity index is 490. The second kappa shape index (κ2) is 4.97. The first kappa shape index (κ1) is 13.5. The van der Waals surface area contributed by atoms with Crippen LogP contribution in [0.4, 0.5) is 0 Å². The van der Waals surface area contributed by atoms with Crippen LogP contribution in [0.2, 0.25) is 0 Å². The van der Waals surface area contributed by atoms with Crippen molar-refractivity contribution in [1.29, 1.82) is 0 Å². The smallest absolute Gasteiger partial charge is 0.200 e. The first-order chi connectivity index (χ1) is 8.89. The number of piperazine rings is 1. The Labute approximate surface area is 112 Å². The van der Waals surface area contributed by atoms with Crippen molar-refractivity contribution in [3.05, 3.63) is 17.7 Å². The normalized spacial score (nSPS) is 18.9. The molecule has 6 nitrogen and oxygen atoms in total. The molecule has 1 aromatic carbocycles. The van der Waals surface area contributed by atoms with Gasteiger partial charge < -0.3 is 19.8 Å². The van der Waals surface area contributed by atoms with Crippen LogP contribution in [0, 0.1) is 0 Å². The van der Waals surface area contributed by atoms with Gasteiger partial charge in [0.05, 0.1) is 46.5 Å². The molecule has 0 saturated carbocycles. The van der Waals surface area contributed by atoms with E-state index < -0.39 is 5.75 Å². The molecule has 0 radical (unpaired) electrons. The van der Waals surface area contributed by atoms with Gasteiger partial charge in [0, 0.05) is 5.56 Å². The fourth-order valence-corrected chi connectivity index (χ4v) is 1.94. The summed E-state index contributed by atoms with van der Waals surface area (Å²) in [6.07, 6.45) is 1.50. The van der Waals surface area contributed by atoms with Gasteiger partial charge in [-0.3, -0.25) is 5.01 Å². The zero-order valence-corrected chi connectivity index (χ0v) is 11.2. The second-order valence-corrected chi connectivity index (χ2v) is 5.45. The molecule has 104 valence electrons. The maximum Gasteiger partial charge on any atom is 0.200 e. The van der Waals surface area contributed by atoms with Crippen LogP contribution in [0.5, 0.6) is 17.2 Å². The number of phenols is 3. The quantitative estimate of drug-likeness (QED) is 0.414. The highest BCUT2D eigenvalue weighted by Crippen LogP contribution is 2.36. The minimum absolute atomic E-state index is 0.341. The summed E-state index contributed by atoms with van der Waals surface area (Å²) in [5, 5.41) is 34.5. The highest BCUT2D eigenvalue weighted by Gasteiger charge is 2.23. The number of hydrazone groups is 1. The number of aromatic hydroxyl groups is 3. The Morgan fingerprint density at radius 2 is 1.74 bits per heavy atom. The SMILES string of the molecule is C[N+]1(C)CCN(/N=C\c2ccc(O)c(O)c2O)CC1. The standard InChI is InChI=1S/C13H19N3O3/c1-16(2)7-5-15(6-8-16)14-9-10-3-4-11(17)13(19)12(10)18/h3-4,9H,5-8H2,1-2H3,(H2-,14,17,18,19)/p+1. The van der Waals surface area contributed by atoms with Crippen LogP contribution in [-0.4, -0.2) is 71.3 Å². The molecule has 1 aromatic rings. The number of hydrogen-bond donors (Lipinski definition) is 3. The highest BCUT2D eigenvalue weighted by atomic mass is 16.3. The van der Waals surface area contributed by atoms with E-state index in [9.17, 15) is 15.3 Å². The summed E-state index contributed by atoms with van der Waals surface area (Å²) in [4.78, 5) is 0. The van der Waals surface area contributed by atoms with E-state index in [1.807, 2.05) is 5.01 Å². The molecule has 0 spiro atoms. The van der Waals surface area contributed by atoms with Gasteiger partial charge in [0.2, 0.25) is 5.75 Å². The summed E-state index contributed by atoms with van der Waals surface area (Å²) in [6, 6.07) is 2.84. The lowest BCUT2D eigenvalue weighted by atomic mass is 10.2. The summed E-state index contributed by atoms with van der Waals surface area (Å²) >= 11 is 0. The van der Waals surface area contributed by atoms with E-state index in [0.29, 0.717) is 5.56 Å². The predicted molar refractivity (Wildman–Crippen MR) is 72.4 cm³/mol. The molecular weight excluding hydrogens is 246 g/mol. The van der Waals surface area contributed by atoms with Crippen LogP contribution >= 0.6 is 0 Å². The third kappa shape index (κ3) is 3.08. The van der Waals surface area contributed by atoms with Crippen molar-refractivity contribution in [3.63, 3.8) is 0 Å². The molecule has 1 heterocycles. The molecule has 0 unspecified atom stereocenters. The second-order valence-electron chi connectivity index (χ2n) is 5.45. The lowest BCUT2D eigenvalue weighted by molar-refractivity contribution is -0.894. The zero-order chi connectivity index (χ0) is 14.0. The van der Waals surface area contributed by atoms with Crippen molar-refractivity contribution < 1.29 is 19.8 Å². The summed E-state index contributed by atoms with van der Waals surface area (Å²) in [5.74, 6) is -1.20. The molecule has 3 N–H and O–H groups in total. The Morgan fingerprint density at radius 1 is 1.11 bits per heavy atom. The lowest BCUT2D eigenvalue weighted by Crippen LogP contribution is -2.53. The van der Waals surface area contributed by atoms with Crippen molar-refractivity contribution in [2.75, 3.05) is 40.3 Å². The fraction of sp³-hybridized carbons (Fsp3) is 0.462. The van der Waals surface area contributed by atoms with E-state index in [4.69, 9.17) is 0 Å². The Morgan fingerprint density at radius 3 is 2.37 bits per heavy atom. The van der Waals surface area contributed by atoms with Crippen molar-refractivity contribution in [1.82, 2.24) is 5.01 Å². The summed E-state index contributed by atoms with van der Waals surface area (Å²) < 4.78 is 0.983. The van der Waals surface area contributed by atoms with Crippen molar-refractivity contribution >= 4 is 6.21 Å². The largest absolute Gasteiger partial charge is 0.504 e. The Balaban J connectivity index is 2.06. The maximum absolute atomic E-state index is 9.67. The van der Waals surface area contributed by atoms with Gasteiger partial charge in [0.1, 0.15) is 0 Å². The van der Waals surface area contributed by atoms with Gasteiger partial charge >= 0.3 is 0 Å². The molecule has 0 aliphatic carbocycles. The monoisotopic (exact) mass is 266 g/mol. The number of benzene rings is 1. The number of rotatable bonds is 2. The van der Waals surface area contributed by atoms with E-state index in [2.05, 4.69) is 19.2 Å². The molecular formula is C13H20N3O3+. The number of hydrogen-bond acceptors (Lipinski definition) is 5. The molecule has 1 aliphatic rings. The minimum atomic E-state index is -0.514. The molecule has 2 rings (SSSR count). The van der Waals surface area contributed by atoms with Crippen molar-refractivity contribution in [2.24, 2.45) is 5.10 Å². The Hall–Kier alpha value is -1.95. The highest BCUT2D eigenvalue weighted by molar-refractivity contribution is 5.85. The van der Waals surface area contributed by atoms with Gasteiger partial charge in [-0.15, -0.1) is 0 Å². The molecule has 0 amide bonds. The van der Waals surface area contributed by atoms with E-state index in [1.54, 1.807) is 0 Å². The molecule has 1 aliphatic heterocycles. The third-order valence-corrected chi connectivity index (χ3v) is 3.45. The van der Waals surface area contributed by atoms with E-state index >= 15 is 0 Å². The van der Waals surface area contributed by atoms with Gasteiger partial charge in [-0.1, -0.05) is 0 Å². The number of nitrogens with zero attached hydrogens (tertiary/aromatic N) is 3. The number of likely N-dealkylation sites (N-methyl/N-ethyl adjacent to an activating group) is 1. The minimum Gasteiger partial charge on any atom is -0.504 e. The summed E-state index contributed by atoms with van der Waals surface area (Å²) in [7, 11) is 4.37. The van der Waals surface area contributed by atoms with Gasteiger partial charge in [0.25, 0.3) is 0 Å². The maximum atomic E-state index is 9.67. The van der Waals surface area contributed by atoms with E-state index in [1.165, 1.54) is 18.3 Å². The predicted octanol–water partition coefficient (Wildman–Crippen LogP) is 0.529. The molecule has 0 aromatic heterocycles. The van der Waals surface area contributed by atoms with Gasteiger partial charge in [-0.25, -0.2) is 0 Å². The molecule has 0 atom stereocenters. The zero-order valence-electron chi connectivity index (χ0n) is 11.2. The van der Waals surface area contributed by atoms with Crippen molar-refractivity contribution in [2.45, 2.75) is 0 Å². The van der Waals surface area contributed by atoms with Crippen LogP contribution < -0.4 is 0 Å². The van der Waals surface area contributed by atoms with Crippen molar-refractivity contribution in [3.8, 4) is 17.2 Å². The average molecular weight is 266 g/mol. The summed E-state index contributed by atoms with van der Waals surface area (Å²) in [5.41, 5.74) is 0.384.